The largest absolute Gasteiger partial charge is 0.354 e. The van der Waals surface area contributed by atoms with Crippen LogP contribution in [0.2, 0.25) is 0 Å². The highest BCUT2D eigenvalue weighted by atomic mass is 127. The average Bonchev–Trinajstić information content (AvgIpc) is 3.24. The minimum Gasteiger partial charge on any atom is -0.354 e. The molecule has 6 nitrogen and oxygen atoms in total. The molecule has 2 aromatic heterocycles. The van der Waals surface area contributed by atoms with Gasteiger partial charge in [0, 0.05) is 38.4 Å². The highest BCUT2D eigenvalue weighted by molar-refractivity contribution is 14.0. The van der Waals surface area contributed by atoms with E-state index in [0.717, 1.165) is 37.8 Å². The van der Waals surface area contributed by atoms with Gasteiger partial charge in [0.2, 0.25) is 0 Å². The number of halogens is 1. The zero-order valence-electron chi connectivity index (χ0n) is 17.2. The smallest absolute Gasteiger partial charge is 0.191 e. The number of hydrogen-bond donors (Lipinski definition) is 2. The first-order chi connectivity index (χ1) is 12.5. The van der Waals surface area contributed by atoms with Crippen molar-refractivity contribution in [3.05, 3.63) is 39.3 Å². The number of aryl methyl sites for hydroxylation is 2. The van der Waals surface area contributed by atoms with Crippen molar-refractivity contribution in [1.29, 1.82) is 0 Å². The quantitative estimate of drug-likeness (QED) is 0.329. The monoisotopic (exact) mass is 504 g/mol. The lowest BCUT2D eigenvalue weighted by molar-refractivity contribution is 0.219. The maximum atomic E-state index is 4.48. The fourth-order valence-corrected chi connectivity index (χ4v) is 3.95. The van der Waals surface area contributed by atoms with Crippen LogP contribution in [0.15, 0.2) is 21.8 Å². The van der Waals surface area contributed by atoms with E-state index in [-0.39, 0.29) is 24.0 Å². The molecule has 8 heteroatoms. The van der Waals surface area contributed by atoms with Gasteiger partial charge in [0.25, 0.3) is 0 Å². The molecule has 0 spiro atoms. The van der Waals surface area contributed by atoms with E-state index in [1.807, 2.05) is 25.7 Å². The van der Waals surface area contributed by atoms with E-state index in [1.54, 1.807) is 11.3 Å². The van der Waals surface area contributed by atoms with E-state index in [9.17, 15) is 0 Å². The molecule has 0 saturated heterocycles. The normalized spacial score (nSPS) is 12.8. The van der Waals surface area contributed by atoms with Crippen LogP contribution >= 0.6 is 35.3 Å². The third-order valence-electron chi connectivity index (χ3n) is 4.96. The number of hydrogen-bond acceptors (Lipinski definition) is 4. The molecule has 2 N–H and O–H groups in total. The minimum absolute atomic E-state index is 0. The molecule has 2 rings (SSSR count). The third-order valence-corrected chi connectivity index (χ3v) is 5.66. The van der Waals surface area contributed by atoms with Gasteiger partial charge in [-0.05, 0) is 49.3 Å². The highest BCUT2D eigenvalue weighted by Crippen LogP contribution is 2.22. The molecule has 0 saturated carbocycles. The van der Waals surface area contributed by atoms with Gasteiger partial charge in [-0.1, -0.05) is 13.8 Å². The molecule has 0 aliphatic heterocycles. The summed E-state index contributed by atoms with van der Waals surface area (Å²) in [4.78, 5) is 6.85. The Balaban J connectivity index is 0.00000364. The molecule has 0 aliphatic carbocycles. The lowest BCUT2D eigenvalue weighted by atomic mass is 10.1. The molecule has 1 unspecified atom stereocenters. The van der Waals surface area contributed by atoms with Crippen molar-refractivity contribution in [2.24, 2.45) is 12.0 Å². The Labute approximate surface area is 184 Å². The first-order valence-corrected chi connectivity index (χ1v) is 10.2. The first-order valence-electron chi connectivity index (χ1n) is 9.21. The van der Waals surface area contributed by atoms with Gasteiger partial charge in [-0.25, -0.2) is 0 Å². The van der Waals surface area contributed by atoms with E-state index in [1.165, 1.54) is 16.8 Å². The van der Waals surface area contributed by atoms with E-state index in [4.69, 9.17) is 0 Å². The molecule has 0 bridgehead atoms. The maximum Gasteiger partial charge on any atom is 0.191 e. The SMILES string of the molecule is CCN(CC)C(CNC(=NC)NCc1c(C)nn(C)c1C)c1ccsc1.I. The van der Waals surface area contributed by atoms with Crippen molar-refractivity contribution in [3.63, 3.8) is 0 Å². The summed E-state index contributed by atoms with van der Waals surface area (Å²) in [5.74, 6) is 0.819. The van der Waals surface area contributed by atoms with Gasteiger partial charge in [0.05, 0.1) is 11.7 Å². The zero-order valence-corrected chi connectivity index (χ0v) is 20.4. The second-order valence-corrected chi connectivity index (χ2v) is 7.15. The Morgan fingerprint density at radius 3 is 2.48 bits per heavy atom. The van der Waals surface area contributed by atoms with Crippen LogP contribution in [-0.2, 0) is 13.6 Å². The lowest BCUT2D eigenvalue weighted by Crippen LogP contribution is -2.43. The van der Waals surface area contributed by atoms with Crippen LogP contribution in [0.4, 0.5) is 0 Å². The van der Waals surface area contributed by atoms with Crippen LogP contribution in [0.3, 0.4) is 0 Å². The van der Waals surface area contributed by atoms with Gasteiger partial charge < -0.3 is 10.6 Å². The molecule has 0 aliphatic rings. The van der Waals surface area contributed by atoms with Gasteiger partial charge in [-0.15, -0.1) is 24.0 Å². The van der Waals surface area contributed by atoms with Crippen LogP contribution in [0.1, 0.15) is 42.4 Å². The Morgan fingerprint density at radius 1 is 1.30 bits per heavy atom. The molecule has 0 aromatic carbocycles. The van der Waals surface area contributed by atoms with Gasteiger partial charge in [0.1, 0.15) is 0 Å². The summed E-state index contributed by atoms with van der Waals surface area (Å²) in [7, 11) is 3.80. The van der Waals surface area contributed by atoms with E-state index < -0.39 is 0 Å². The molecule has 27 heavy (non-hydrogen) atoms. The molecule has 1 atom stereocenters. The number of nitrogens with zero attached hydrogens (tertiary/aromatic N) is 4. The van der Waals surface area contributed by atoms with Crippen LogP contribution in [-0.4, -0.2) is 47.3 Å². The number of likely N-dealkylation sites (N-methyl/N-ethyl adjacent to an activating group) is 1. The molecule has 0 radical (unpaired) electrons. The van der Waals surface area contributed by atoms with Crippen LogP contribution in [0, 0.1) is 13.8 Å². The van der Waals surface area contributed by atoms with Crippen LogP contribution < -0.4 is 10.6 Å². The molecule has 152 valence electrons. The Hall–Kier alpha value is -1.13. The fraction of sp³-hybridized carbons (Fsp3) is 0.579. The van der Waals surface area contributed by atoms with E-state index in [2.05, 4.69) is 63.2 Å². The second-order valence-electron chi connectivity index (χ2n) is 6.37. The Kier molecular flexibility index (Phi) is 10.3. The molecule has 2 heterocycles. The second kappa shape index (κ2) is 11.7. The fourth-order valence-electron chi connectivity index (χ4n) is 3.25. The summed E-state index contributed by atoms with van der Waals surface area (Å²) in [6, 6.07) is 2.56. The standard InChI is InChI=1S/C19H32N6S.HI/c1-7-25(8-2)18(16-9-10-26-13-16)12-22-19(20-5)21-11-17-14(3)23-24(6)15(17)4;/h9-10,13,18H,7-8,11-12H2,1-6H3,(H2,20,21,22);1H. The van der Waals surface area contributed by atoms with Gasteiger partial charge in [0.15, 0.2) is 5.96 Å². The average molecular weight is 504 g/mol. The predicted octanol–water partition coefficient (Wildman–Crippen LogP) is 3.46. The summed E-state index contributed by atoms with van der Waals surface area (Å²) in [5.41, 5.74) is 4.84. The van der Waals surface area contributed by atoms with E-state index >= 15 is 0 Å². The Morgan fingerprint density at radius 2 is 2.00 bits per heavy atom. The van der Waals surface area contributed by atoms with Gasteiger partial charge in [-0.3, -0.25) is 14.6 Å². The topological polar surface area (TPSA) is 57.5 Å². The van der Waals surface area contributed by atoms with Crippen molar-refractivity contribution in [2.45, 2.75) is 40.3 Å². The first kappa shape index (κ1) is 23.9. The van der Waals surface area contributed by atoms with Crippen molar-refractivity contribution in [3.8, 4) is 0 Å². The van der Waals surface area contributed by atoms with Crippen molar-refractivity contribution in [1.82, 2.24) is 25.3 Å². The molecule has 0 amide bonds. The highest BCUT2D eigenvalue weighted by Gasteiger charge is 2.19. The number of nitrogens with one attached hydrogen (secondary N) is 2. The number of aliphatic imine (C=N–C) groups is 1. The van der Waals surface area contributed by atoms with Crippen LogP contribution in [0.5, 0.6) is 0 Å². The Bertz CT molecular complexity index is 706. The summed E-state index contributed by atoms with van der Waals surface area (Å²) in [6.45, 7) is 12.2. The number of guanidine groups is 1. The number of aromatic nitrogens is 2. The summed E-state index contributed by atoms with van der Waals surface area (Å²) >= 11 is 1.75. The summed E-state index contributed by atoms with van der Waals surface area (Å²) in [5, 5.41) is 15.8. The van der Waals surface area contributed by atoms with Crippen molar-refractivity contribution < 1.29 is 0 Å². The van der Waals surface area contributed by atoms with Crippen LogP contribution in [0.25, 0.3) is 0 Å². The number of rotatable bonds is 8. The maximum absolute atomic E-state index is 4.48. The molecule has 2 aromatic rings. The van der Waals surface area contributed by atoms with Crippen molar-refractivity contribution in [2.75, 3.05) is 26.7 Å². The van der Waals surface area contributed by atoms with Gasteiger partial charge >= 0.3 is 0 Å². The third kappa shape index (κ3) is 6.18. The van der Waals surface area contributed by atoms with E-state index in [0.29, 0.717) is 6.04 Å². The summed E-state index contributed by atoms with van der Waals surface area (Å²) < 4.78 is 1.93. The van der Waals surface area contributed by atoms with Gasteiger partial charge in [-0.2, -0.15) is 16.4 Å². The molecular formula is C19H33IN6S. The predicted molar refractivity (Wildman–Crippen MR) is 126 cm³/mol. The lowest BCUT2D eigenvalue weighted by Gasteiger charge is -2.30. The molecular weight excluding hydrogens is 471 g/mol. The van der Waals surface area contributed by atoms with Crippen molar-refractivity contribution >= 4 is 41.3 Å². The molecule has 0 fully saturated rings. The number of thiophene rings is 1. The minimum atomic E-state index is 0. The summed E-state index contributed by atoms with van der Waals surface area (Å²) in [6.07, 6.45) is 0. The zero-order chi connectivity index (χ0) is 19.1.